The zero-order chi connectivity index (χ0) is 9.68. The van der Waals surface area contributed by atoms with E-state index in [1.54, 1.807) is 16.4 Å². The lowest BCUT2D eigenvalue weighted by Gasteiger charge is -2.24. The van der Waals surface area contributed by atoms with Crippen LogP contribution in [0, 0.1) is 0 Å². The Kier molecular flexibility index (Phi) is 4.02. The Morgan fingerprint density at radius 3 is 2.62 bits per heavy atom. The van der Waals surface area contributed by atoms with Gasteiger partial charge in [-0.15, -0.1) is 11.8 Å². The van der Waals surface area contributed by atoms with Gasteiger partial charge in [0, 0.05) is 32.0 Å². The van der Waals surface area contributed by atoms with Crippen LogP contribution in [0.1, 0.15) is 12.8 Å². The Hall–Kier alpha value is -0.770. The van der Waals surface area contributed by atoms with Gasteiger partial charge >= 0.3 is 0 Å². The van der Waals surface area contributed by atoms with E-state index in [-0.39, 0.29) is 11.7 Å². The molecule has 0 aromatic heterocycles. The molecule has 3 nitrogen and oxygen atoms in total. The minimum absolute atomic E-state index is 0.0156. The molecule has 0 unspecified atom stereocenters. The predicted molar refractivity (Wildman–Crippen MR) is 53.5 cm³/mol. The van der Waals surface area contributed by atoms with Crippen molar-refractivity contribution in [2.75, 3.05) is 19.3 Å². The summed E-state index contributed by atoms with van der Waals surface area (Å²) in [5.41, 5.74) is 0. The summed E-state index contributed by atoms with van der Waals surface area (Å²) in [6.45, 7) is 1.16. The molecule has 13 heavy (non-hydrogen) atoms. The number of nitrogens with zero attached hydrogens (tertiary/aromatic N) is 1. The molecule has 1 aliphatic rings. The number of carbonyl (C=O) groups is 2. The topological polar surface area (TPSA) is 37.4 Å². The highest BCUT2D eigenvalue weighted by molar-refractivity contribution is 8.01. The molecule has 4 heteroatoms. The average molecular weight is 199 g/mol. The first-order valence-electron chi connectivity index (χ1n) is 4.24. The van der Waals surface area contributed by atoms with Crippen LogP contribution in [0.15, 0.2) is 11.5 Å². The summed E-state index contributed by atoms with van der Waals surface area (Å²) in [6.07, 6.45) is 4.49. The molecular formula is C9H13NO2S. The van der Waals surface area contributed by atoms with Crippen LogP contribution >= 0.6 is 11.8 Å². The highest BCUT2D eigenvalue weighted by Gasteiger charge is 2.18. The van der Waals surface area contributed by atoms with E-state index in [0.717, 1.165) is 0 Å². The number of amides is 1. The minimum atomic E-state index is 0.0156. The Morgan fingerprint density at radius 2 is 2.08 bits per heavy atom. The number of rotatable bonds is 2. The van der Waals surface area contributed by atoms with E-state index in [0.29, 0.717) is 25.9 Å². The number of carbonyl (C=O) groups excluding carboxylic acids is 2. The Labute approximate surface area is 82.2 Å². The molecule has 1 amide bonds. The van der Waals surface area contributed by atoms with Gasteiger partial charge in [0.2, 0.25) is 5.91 Å². The zero-order valence-electron chi connectivity index (χ0n) is 7.66. The second-order valence-corrected chi connectivity index (χ2v) is 3.65. The third kappa shape index (κ3) is 3.22. The SMILES string of the molecule is CS/C=C/C(=O)N1CCC(=O)CC1. The second-order valence-electron chi connectivity index (χ2n) is 2.90. The van der Waals surface area contributed by atoms with Crippen LogP contribution in [0.4, 0.5) is 0 Å². The summed E-state index contributed by atoms with van der Waals surface area (Å²) in [7, 11) is 0. The van der Waals surface area contributed by atoms with Crippen molar-refractivity contribution in [1.82, 2.24) is 4.90 Å². The maximum atomic E-state index is 11.4. The molecule has 1 aliphatic heterocycles. The summed E-state index contributed by atoms with van der Waals surface area (Å²) >= 11 is 1.50. The second kappa shape index (κ2) is 5.07. The first-order chi connectivity index (χ1) is 6.24. The van der Waals surface area contributed by atoms with Crippen molar-refractivity contribution in [3.8, 4) is 0 Å². The van der Waals surface area contributed by atoms with Crippen molar-refractivity contribution in [1.29, 1.82) is 0 Å². The highest BCUT2D eigenvalue weighted by Crippen LogP contribution is 2.06. The van der Waals surface area contributed by atoms with Gasteiger partial charge < -0.3 is 4.90 Å². The molecule has 0 radical (unpaired) electrons. The molecule has 0 saturated carbocycles. The Morgan fingerprint density at radius 1 is 1.46 bits per heavy atom. The molecule has 1 saturated heterocycles. The lowest BCUT2D eigenvalue weighted by molar-refractivity contribution is -0.130. The molecule has 1 heterocycles. The van der Waals surface area contributed by atoms with Crippen molar-refractivity contribution in [2.24, 2.45) is 0 Å². The minimum Gasteiger partial charge on any atom is -0.338 e. The normalized spacial score (nSPS) is 18.2. The van der Waals surface area contributed by atoms with Crippen molar-refractivity contribution in [3.05, 3.63) is 11.5 Å². The fourth-order valence-electron chi connectivity index (χ4n) is 1.21. The zero-order valence-corrected chi connectivity index (χ0v) is 8.47. The van der Waals surface area contributed by atoms with Crippen LogP contribution in [0.25, 0.3) is 0 Å². The van der Waals surface area contributed by atoms with Crippen LogP contribution in [0.3, 0.4) is 0 Å². The van der Waals surface area contributed by atoms with E-state index >= 15 is 0 Å². The van der Waals surface area contributed by atoms with E-state index in [2.05, 4.69) is 0 Å². The van der Waals surface area contributed by atoms with E-state index < -0.39 is 0 Å². The van der Waals surface area contributed by atoms with Crippen molar-refractivity contribution in [2.45, 2.75) is 12.8 Å². The van der Waals surface area contributed by atoms with Gasteiger partial charge in [-0.3, -0.25) is 9.59 Å². The summed E-state index contributed by atoms with van der Waals surface area (Å²) in [5.74, 6) is 0.278. The van der Waals surface area contributed by atoms with Gasteiger partial charge in [-0.1, -0.05) is 0 Å². The molecule has 0 bridgehead atoms. The Bertz CT molecular complexity index is 228. The van der Waals surface area contributed by atoms with Crippen molar-refractivity contribution < 1.29 is 9.59 Å². The average Bonchev–Trinajstić information content (AvgIpc) is 2.15. The molecule has 0 aromatic carbocycles. The number of Topliss-reactive ketones (excluding diaryl/α,β-unsaturated/α-hetero) is 1. The monoisotopic (exact) mass is 199 g/mol. The van der Waals surface area contributed by atoms with Gasteiger partial charge in [-0.05, 0) is 11.7 Å². The fraction of sp³-hybridized carbons (Fsp3) is 0.556. The van der Waals surface area contributed by atoms with Crippen molar-refractivity contribution >= 4 is 23.5 Å². The Balaban J connectivity index is 2.40. The molecule has 72 valence electrons. The summed E-state index contributed by atoms with van der Waals surface area (Å²) in [4.78, 5) is 24.0. The largest absolute Gasteiger partial charge is 0.338 e. The van der Waals surface area contributed by atoms with Gasteiger partial charge in [-0.25, -0.2) is 0 Å². The third-order valence-corrected chi connectivity index (χ3v) is 2.39. The van der Waals surface area contributed by atoms with Gasteiger partial charge in [0.15, 0.2) is 0 Å². The first kappa shape index (κ1) is 10.3. The number of thioether (sulfide) groups is 1. The maximum Gasteiger partial charge on any atom is 0.247 e. The highest BCUT2D eigenvalue weighted by atomic mass is 32.2. The molecule has 0 N–H and O–H groups in total. The van der Waals surface area contributed by atoms with Gasteiger partial charge in [0.1, 0.15) is 5.78 Å². The molecule has 0 aliphatic carbocycles. The molecule has 1 fully saturated rings. The van der Waals surface area contributed by atoms with Crippen LogP contribution in [-0.4, -0.2) is 35.9 Å². The quantitative estimate of drug-likeness (QED) is 0.624. The molecule has 0 aromatic rings. The van der Waals surface area contributed by atoms with Crippen LogP contribution in [0.2, 0.25) is 0 Å². The lowest BCUT2D eigenvalue weighted by atomic mass is 10.1. The number of hydrogen-bond donors (Lipinski definition) is 0. The van der Waals surface area contributed by atoms with Gasteiger partial charge in [0.25, 0.3) is 0 Å². The van der Waals surface area contributed by atoms with Gasteiger partial charge in [-0.2, -0.15) is 0 Å². The maximum absolute atomic E-state index is 11.4. The summed E-state index contributed by atoms with van der Waals surface area (Å²) in [6, 6.07) is 0. The third-order valence-electron chi connectivity index (χ3n) is 1.98. The van der Waals surface area contributed by atoms with Crippen LogP contribution in [0.5, 0.6) is 0 Å². The fourth-order valence-corrected chi connectivity index (χ4v) is 1.46. The van der Waals surface area contributed by atoms with E-state index in [1.165, 1.54) is 11.8 Å². The molecule has 0 atom stereocenters. The lowest BCUT2D eigenvalue weighted by Crippen LogP contribution is -2.37. The van der Waals surface area contributed by atoms with Crippen LogP contribution < -0.4 is 0 Å². The number of ketones is 1. The number of likely N-dealkylation sites (tertiary alicyclic amines) is 1. The van der Waals surface area contributed by atoms with Crippen LogP contribution in [-0.2, 0) is 9.59 Å². The van der Waals surface area contributed by atoms with Gasteiger partial charge in [0.05, 0.1) is 0 Å². The molecule has 1 rings (SSSR count). The predicted octanol–water partition coefficient (Wildman–Crippen LogP) is 1.05. The number of hydrogen-bond acceptors (Lipinski definition) is 3. The van der Waals surface area contributed by atoms with E-state index in [4.69, 9.17) is 0 Å². The smallest absolute Gasteiger partial charge is 0.247 e. The summed E-state index contributed by atoms with van der Waals surface area (Å²) < 4.78 is 0. The summed E-state index contributed by atoms with van der Waals surface area (Å²) in [5, 5.41) is 1.76. The van der Waals surface area contributed by atoms with E-state index in [9.17, 15) is 9.59 Å². The standard InChI is InChI=1S/C9H13NO2S/c1-13-7-4-9(12)10-5-2-8(11)3-6-10/h4,7H,2-3,5-6H2,1H3/b7-4+. The first-order valence-corrected chi connectivity index (χ1v) is 5.53. The molecular weight excluding hydrogens is 186 g/mol. The van der Waals surface area contributed by atoms with Crippen molar-refractivity contribution in [3.63, 3.8) is 0 Å². The van der Waals surface area contributed by atoms with E-state index in [1.807, 2.05) is 6.26 Å². The number of piperidine rings is 1. The molecule has 0 spiro atoms.